The van der Waals surface area contributed by atoms with E-state index >= 15 is 0 Å². The molecule has 3 heterocycles. The summed E-state index contributed by atoms with van der Waals surface area (Å²) < 4.78 is 30.9. The van der Waals surface area contributed by atoms with Gasteiger partial charge in [0, 0.05) is 30.1 Å². The molecule has 0 unspecified atom stereocenters. The standard InChI is InChI=1S/C24H22N4O3S/c1-15-5-6-18(22-14-28-11-3-4-16(2)24(28)26-22)13-21(15)27-32(30,31)19-8-9-20-17(12-19)7-10-23(29)25-20/h3-6,8-9,11-14,27H,7,10H2,1-2H3,(H,25,29). The van der Waals surface area contributed by atoms with Gasteiger partial charge >= 0.3 is 0 Å². The number of aromatic nitrogens is 2. The molecule has 7 nitrogen and oxygen atoms in total. The van der Waals surface area contributed by atoms with Crippen molar-refractivity contribution >= 4 is 33.0 Å². The summed E-state index contributed by atoms with van der Waals surface area (Å²) in [5, 5.41) is 2.77. The third-order valence-electron chi connectivity index (χ3n) is 5.74. The van der Waals surface area contributed by atoms with Gasteiger partial charge in [-0.3, -0.25) is 9.52 Å². The zero-order valence-corrected chi connectivity index (χ0v) is 18.5. The fourth-order valence-corrected chi connectivity index (χ4v) is 5.09. The topological polar surface area (TPSA) is 92.6 Å². The first-order chi connectivity index (χ1) is 15.3. The summed E-state index contributed by atoms with van der Waals surface area (Å²) in [6, 6.07) is 14.4. The Morgan fingerprint density at radius 2 is 1.88 bits per heavy atom. The second-order valence-corrected chi connectivity index (χ2v) is 9.73. The van der Waals surface area contributed by atoms with Crippen LogP contribution in [0.15, 0.2) is 65.8 Å². The lowest BCUT2D eigenvalue weighted by molar-refractivity contribution is -0.116. The van der Waals surface area contributed by atoms with E-state index in [0.29, 0.717) is 24.2 Å². The Balaban J connectivity index is 1.48. The zero-order valence-electron chi connectivity index (χ0n) is 17.7. The minimum atomic E-state index is -3.80. The molecule has 2 aromatic carbocycles. The Hall–Kier alpha value is -3.65. The van der Waals surface area contributed by atoms with E-state index in [-0.39, 0.29) is 10.8 Å². The molecule has 32 heavy (non-hydrogen) atoms. The van der Waals surface area contributed by atoms with E-state index in [2.05, 4.69) is 10.0 Å². The average Bonchev–Trinajstić information content (AvgIpc) is 3.20. The van der Waals surface area contributed by atoms with Crippen LogP contribution in [-0.2, 0) is 21.2 Å². The number of nitrogens with one attached hydrogen (secondary N) is 2. The maximum Gasteiger partial charge on any atom is 0.261 e. The molecule has 162 valence electrons. The highest BCUT2D eigenvalue weighted by atomic mass is 32.2. The molecule has 0 aliphatic carbocycles. The van der Waals surface area contributed by atoms with Crippen molar-refractivity contribution in [3.8, 4) is 11.3 Å². The summed E-state index contributed by atoms with van der Waals surface area (Å²) in [6.45, 7) is 3.86. The van der Waals surface area contributed by atoms with Crippen molar-refractivity contribution in [3.05, 3.63) is 77.6 Å². The van der Waals surface area contributed by atoms with Crippen LogP contribution < -0.4 is 10.0 Å². The van der Waals surface area contributed by atoms with Crippen molar-refractivity contribution in [3.63, 3.8) is 0 Å². The predicted molar refractivity (Wildman–Crippen MR) is 124 cm³/mol. The highest BCUT2D eigenvalue weighted by Gasteiger charge is 2.21. The van der Waals surface area contributed by atoms with Crippen LogP contribution in [0.4, 0.5) is 11.4 Å². The number of carbonyl (C=O) groups excluding carboxylic acids is 1. The molecular weight excluding hydrogens is 424 g/mol. The van der Waals surface area contributed by atoms with Gasteiger partial charge in [0.05, 0.1) is 16.3 Å². The smallest absolute Gasteiger partial charge is 0.261 e. The lowest BCUT2D eigenvalue weighted by Gasteiger charge is -2.18. The number of carbonyl (C=O) groups is 1. The third-order valence-corrected chi connectivity index (χ3v) is 7.10. The first kappa shape index (κ1) is 20.3. The number of benzene rings is 2. The van der Waals surface area contributed by atoms with Gasteiger partial charge < -0.3 is 9.72 Å². The van der Waals surface area contributed by atoms with E-state index in [1.807, 2.05) is 61.0 Å². The monoisotopic (exact) mass is 446 g/mol. The number of amides is 1. The maximum atomic E-state index is 13.1. The maximum absolute atomic E-state index is 13.1. The van der Waals surface area contributed by atoms with Gasteiger partial charge in [0.15, 0.2) is 0 Å². The molecule has 2 aromatic heterocycles. The number of hydrogen-bond acceptors (Lipinski definition) is 4. The molecule has 0 atom stereocenters. The highest BCUT2D eigenvalue weighted by molar-refractivity contribution is 7.92. The Labute approximate surface area is 186 Å². The summed E-state index contributed by atoms with van der Waals surface area (Å²) in [4.78, 5) is 16.4. The Morgan fingerprint density at radius 1 is 1.03 bits per heavy atom. The number of sulfonamides is 1. The predicted octanol–water partition coefficient (Wildman–Crippen LogP) is 4.30. The van der Waals surface area contributed by atoms with Gasteiger partial charge in [-0.1, -0.05) is 18.2 Å². The fourth-order valence-electron chi connectivity index (χ4n) is 3.91. The first-order valence-corrected chi connectivity index (χ1v) is 11.8. The van der Waals surface area contributed by atoms with Gasteiger partial charge in [-0.05, 0) is 67.3 Å². The first-order valence-electron chi connectivity index (χ1n) is 10.3. The lowest BCUT2D eigenvalue weighted by Crippen LogP contribution is -2.20. The van der Waals surface area contributed by atoms with Crippen molar-refractivity contribution in [1.82, 2.24) is 9.38 Å². The Morgan fingerprint density at radius 3 is 2.69 bits per heavy atom. The molecule has 1 amide bonds. The van der Waals surface area contributed by atoms with Crippen molar-refractivity contribution in [2.45, 2.75) is 31.6 Å². The normalized spacial score (nSPS) is 13.6. The van der Waals surface area contributed by atoms with E-state index in [0.717, 1.165) is 33.6 Å². The second-order valence-electron chi connectivity index (χ2n) is 8.05. The minimum Gasteiger partial charge on any atom is -0.326 e. The number of aryl methyl sites for hydroxylation is 3. The van der Waals surface area contributed by atoms with Gasteiger partial charge in [-0.25, -0.2) is 13.4 Å². The summed E-state index contributed by atoms with van der Waals surface area (Å²) >= 11 is 0. The molecule has 0 radical (unpaired) electrons. The quantitative estimate of drug-likeness (QED) is 0.489. The minimum absolute atomic E-state index is 0.0548. The van der Waals surface area contributed by atoms with Crippen molar-refractivity contribution in [2.24, 2.45) is 0 Å². The van der Waals surface area contributed by atoms with Crippen LogP contribution in [0.1, 0.15) is 23.1 Å². The van der Waals surface area contributed by atoms with Crippen molar-refractivity contribution < 1.29 is 13.2 Å². The molecule has 1 aliphatic rings. The van der Waals surface area contributed by atoms with E-state index in [1.54, 1.807) is 12.1 Å². The van der Waals surface area contributed by atoms with Crippen LogP contribution in [0.3, 0.4) is 0 Å². The van der Waals surface area contributed by atoms with Crippen molar-refractivity contribution in [2.75, 3.05) is 10.0 Å². The van der Waals surface area contributed by atoms with Crippen LogP contribution >= 0.6 is 0 Å². The number of fused-ring (bicyclic) bond motifs is 2. The number of nitrogens with zero attached hydrogens (tertiary/aromatic N) is 2. The molecule has 0 spiro atoms. The van der Waals surface area contributed by atoms with Crippen LogP contribution in [0.5, 0.6) is 0 Å². The van der Waals surface area contributed by atoms with Gasteiger partial charge in [0.2, 0.25) is 5.91 Å². The van der Waals surface area contributed by atoms with Crippen LogP contribution in [-0.4, -0.2) is 23.7 Å². The molecule has 0 fully saturated rings. The van der Waals surface area contributed by atoms with Crippen LogP contribution in [0, 0.1) is 13.8 Å². The number of anilines is 2. The molecule has 4 aromatic rings. The highest BCUT2D eigenvalue weighted by Crippen LogP contribution is 2.30. The summed E-state index contributed by atoms with van der Waals surface area (Å²) in [5.41, 5.74) is 6.32. The second kappa shape index (κ2) is 7.49. The summed E-state index contributed by atoms with van der Waals surface area (Å²) in [6.07, 6.45) is 4.74. The molecule has 0 saturated heterocycles. The third kappa shape index (κ3) is 3.62. The number of imidazole rings is 1. The summed E-state index contributed by atoms with van der Waals surface area (Å²) in [5.74, 6) is -0.0548. The number of pyridine rings is 1. The summed E-state index contributed by atoms with van der Waals surface area (Å²) in [7, 11) is -3.80. The number of hydrogen-bond donors (Lipinski definition) is 2. The zero-order chi connectivity index (χ0) is 22.5. The largest absolute Gasteiger partial charge is 0.326 e. The Kier molecular flexibility index (Phi) is 4.74. The SMILES string of the molecule is Cc1ccc(-c2cn3cccc(C)c3n2)cc1NS(=O)(=O)c1ccc2c(c1)CCC(=O)N2. The van der Waals surface area contributed by atoms with E-state index < -0.39 is 10.0 Å². The van der Waals surface area contributed by atoms with Gasteiger partial charge in [0.1, 0.15) is 5.65 Å². The van der Waals surface area contributed by atoms with Gasteiger partial charge in [-0.15, -0.1) is 0 Å². The molecule has 2 N–H and O–H groups in total. The van der Waals surface area contributed by atoms with Gasteiger partial charge in [-0.2, -0.15) is 0 Å². The van der Waals surface area contributed by atoms with E-state index in [9.17, 15) is 13.2 Å². The molecular formula is C24H22N4O3S. The average molecular weight is 447 g/mol. The van der Waals surface area contributed by atoms with Crippen molar-refractivity contribution in [1.29, 1.82) is 0 Å². The fraction of sp³-hybridized carbons (Fsp3) is 0.167. The molecule has 8 heteroatoms. The number of rotatable bonds is 4. The van der Waals surface area contributed by atoms with Crippen LogP contribution in [0.2, 0.25) is 0 Å². The lowest BCUT2D eigenvalue weighted by atomic mass is 10.0. The van der Waals surface area contributed by atoms with Crippen LogP contribution in [0.25, 0.3) is 16.9 Å². The molecule has 0 bridgehead atoms. The molecule has 5 rings (SSSR count). The van der Waals surface area contributed by atoms with E-state index in [1.165, 1.54) is 6.07 Å². The van der Waals surface area contributed by atoms with E-state index in [4.69, 9.17) is 4.98 Å². The Bertz CT molecular complexity index is 1490. The molecule has 1 aliphatic heterocycles. The molecule has 0 saturated carbocycles. The van der Waals surface area contributed by atoms with Gasteiger partial charge in [0.25, 0.3) is 10.0 Å².